The molecule has 1 aliphatic heterocycles. The fraction of sp³-hybridized carbons (Fsp3) is 0.238. The van der Waals surface area contributed by atoms with Gasteiger partial charge in [-0.05, 0) is 43.7 Å². The molecular formula is C21H20BrN3O2S. The Morgan fingerprint density at radius 1 is 1.04 bits per heavy atom. The van der Waals surface area contributed by atoms with Gasteiger partial charge in [-0.15, -0.1) is 11.8 Å². The van der Waals surface area contributed by atoms with Crippen molar-refractivity contribution in [3.8, 4) is 5.69 Å². The Labute approximate surface area is 176 Å². The molecule has 4 rings (SSSR count). The first kappa shape index (κ1) is 19.1. The van der Waals surface area contributed by atoms with Crippen LogP contribution in [0.1, 0.15) is 23.6 Å². The second kappa shape index (κ2) is 7.29. The fourth-order valence-electron chi connectivity index (χ4n) is 3.57. The highest BCUT2D eigenvalue weighted by atomic mass is 79.9. The van der Waals surface area contributed by atoms with Crippen LogP contribution in [0.15, 0.2) is 63.9 Å². The number of anilines is 1. The maximum Gasteiger partial charge on any atom is 0.295 e. The molecule has 1 saturated heterocycles. The molecule has 0 saturated carbocycles. The van der Waals surface area contributed by atoms with Crippen molar-refractivity contribution in [2.75, 3.05) is 4.90 Å². The molecule has 0 radical (unpaired) electrons. The maximum atomic E-state index is 13.4. The van der Waals surface area contributed by atoms with Crippen LogP contribution >= 0.6 is 27.7 Å². The fourth-order valence-corrected chi connectivity index (χ4v) is 5.24. The molecule has 2 aromatic carbocycles. The first-order valence-corrected chi connectivity index (χ1v) is 10.7. The lowest BCUT2D eigenvalue weighted by Crippen LogP contribution is -2.34. The molecule has 28 heavy (non-hydrogen) atoms. The third-order valence-corrected chi connectivity index (χ3v) is 6.90. The topological polar surface area (TPSA) is 47.2 Å². The molecule has 1 aliphatic rings. The van der Waals surface area contributed by atoms with Gasteiger partial charge in [-0.2, -0.15) is 0 Å². The van der Waals surface area contributed by atoms with E-state index >= 15 is 0 Å². The summed E-state index contributed by atoms with van der Waals surface area (Å²) in [4.78, 5) is 28.2. The van der Waals surface area contributed by atoms with Gasteiger partial charge in [0.15, 0.2) is 0 Å². The standard InChI is InChI=1S/C21H20BrN3O2S/c1-13-18(20(27)25(23(13)3)17-10-5-4-6-11-17)24-19(26)14(2)28-21(24)15-8-7-9-16(22)12-15/h4-12,14,21H,1-3H3/t14-,21-/m0/s1. The van der Waals surface area contributed by atoms with Crippen molar-refractivity contribution in [1.82, 2.24) is 9.36 Å². The van der Waals surface area contributed by atoms with Crippen LogP contribution in [0.2, 0.25) is 0 Å². The summed E-state index contributed by atoms with van der Waals surface area (Å²) in [7, 11) is 1.85. The van der Waals surface area contributed by atoms with Crippen LogP contribution in [-0.4, -0.2) is 20.5 Å². The van der Waals surface area contributed by atoms with E-state index in [1.54, 1.807) is 21.3 Å². The monoisotopic (exact) mass is 457 g/mol. The Balaban J connectivity index is 1.89. The molecule has 0 N–H and O–H groups in total. The van der Waals surface area contributed by atoms with Crippen LogP contribution < -0.4 is 10.5 Å². The van der Waals surface area contributed by atoms with Gasteiger partial charge >= 0.3 is 0 Å². The Morgan fingerprint density at radius 2 is 1.75 bits per heavy atom. The van der Waals surface area contributed by atoms with Crippen LogP contribution in [0.25, 0.3) is 5.69 Å². The first-order valence-electron chi connectivity index (χ1n) is 8.98. The van der Waals surface area contributed by atoms with E-state index in [2.05, 4.69) is 15.9 Å². The second-order valence-corrected chi connectivity index (χ2v) is 9.15. The van der Waals surface area contributed by atoms with E-state index in [9.17, 15) is 9.59 Å². The summed E-state index contributed by atoms with van der Waals surface area (Å²) < 4.78 is 4.37. The van der Waals surface area contributed by atoms with E-state index in [0.717, 1.165) is 21.4 Å². The minimum Gasteiger partial charge on any atom is -0.288 e. The van der Waals surface area contributed by atoms with Crippen molar-refractivity contribution in [3.05, 3.63) is 80.7 Å². The number of carbonyl (C=O) groups excluding carboxylic acids is 1. The number of hydrogen-bond donors (Lipinski definition) is 0. The summed E-state index contributed by atoms with van der Waals surface area (Å²) >= 11 is 5.07. The molecule has 0 aliphatic carbocycles. The van der Waals surface area contributed by atoms with Gasteiger partial charge in [0, 0.05) is 11.5 Å². The SMILES string of the molecule is Cc1c(N2C(=O)[C@H](C)S[C@H]2c2cccc(Br)c2)c(=O)n(-c2ccccc2)n1C. The van der Waals surface area contributed by atoms with Crippen LogP contribution in [0, 0.1) is 6.92 Å². The zero-order valence-electron chi connectivity index (χ0n) is 15.8. The molecule has 0 spiro atoms. The minimum absolute atomic E-state index is 0.0408. The van der Waals surface area contributed by atoms with Gasteiger partial charge in [0.25, 0.3) is 5.56 Å². The van der Waals surface area contributed by atoms with Crippen molar-refractivity contribution in [3.63, 3.8) is 0 Å². The van der Waals surface area contributed by atoms with Crippen molar-refractivity contribution in [1.29, 1.82) is 0 Å². The summed E-state index contributed by atoms with van der Waals surface area (Å²) in [5, 5.41) is -0.453. The molecular weight excluding hydrogens is 438 g/mol. The molecule has 144 valence electrons. The molecule has 3 aromatic rings. The molecule has 7 heteroatoms. The second-order valence-electron chi connectivity index (χ2n) is 6.80. The number of nitrogens with zero attached hydrogens (tertiary/aromatic N) is 3. The van der Waals surface area contributed by atoms with Gasteiger partial charge in [0.2, 0.25) is 5.91 Å². The molecule has 1 amide bonds. The van der Waals surface area contributed by atoms with Crippen LogP contribution in [0.4, 0.5) is 5.69 Å². The average molecular weight is 458 g/mol. The van der Waals surface area contributed by atoms with Gasteiger partial charge in [0.1, 0.15) is 11.1 Å². The van der Waals surface area contributed by atoms with E-state index in [0.29, 0.717) is 5.69 Å². The lowest BCUT2D eigenvalue weighted by molar-refractivity contribution is -0.117. The number of aromatic nitrogens is 2. The zero-order valence-corrected chi connectivity index (χ0v) is 18.2. The Hall–Kier alpha value is -2.25. The largest absolute Gasteiger partial charge is 0.295 e. The Kier molecular flexibility index (Phi) is 4.97. The number of amides is 1. The van der Waals surface area contributed by atoms with Gasteiger partial charge in [-0.25, -0.2) is 4.68 Å². The highest BCUT2D eigenvalue weighted by Gasteiger charge is 2.42. The summed E-state index contributed by atoms with van der Waals surface area (Å²) in [6.07, 6.45) is 0. The molecule has 0 bridgehead atoms. The highest BCUT2D eigenvalue weighted by Crippen LogP contribution is 2.45. The maximum absolute atomic E-state index is 13.4. The van der Waals surface area contributed by atoms with Gasteiger partial charge in [-0.3, -0.25) is 19.2 Å². The lowest BCUT2D eigenvalue weighted by atomic mass is 10.2. The van der Waals surface area contributed by atoms with Crippen molar-refractivity contribution >= 4 is 39.3 Å². The molecule has 5 nitrogen and oxygen atoms in total. The highest BCUT2D eigenvalue weighted by molar-refractivity contribution is 9.10. The molecule has 1 aromatic heterocycles. The van der Waals surface area contributed by atoms with Crippen molar-refractivity contribution < 1.29 is 4.79 Å². The summed E-state index contributed by atoms with van der Waals surface area (Å²) in [5.74, 6) is -0.0408. The minimum atomic E-state index is -0.238. The van der Waals surface area contributed by atoms with Gasteiger partial charge in [0.05, 0.1) is 16.6 Å². The molecule has 2 heterocycles. The average Bonchev–Trinajstić information content (AvgIpc) is 3.09. The molecule has 2 atom stereocenters. The quantitative estimate of drug-likeness (QED) is 0.584. The van der Waals surface area contributed by atoms with Crippen LogP contribution in [-0.2, 0) is 11.8 Å². The third-order valence-electron chi connectivity index (χ3n) is 5.05. The first-order chi connectivity index (χ1) is 13.4. The van der Waals surface area contributed by atoms with Gasteiger partial charge in [-0.1, -0.05) is 46.3 Å². The normalized spacial score (nSPS) is 19.4. The van der Waals surface area contributed by atoms with E-state index in [4.69, 9.17) is 0 Å². The number of hydrogen-bond acceptors (Lipinski definition) is 3. The number of para-hydroxylation sites is 1. The van der Waals surface area contributed by atoms with Crippen molar-refractivity contribution in [2.24, 2.45) is 7.05 Å². The van der Waals surface area contributed by atoms with Crippen molar-refractivity contribution in [2.45, 2.75) is 24.5 Å². The summed E-state index contributed by atoms with van der Waals surface area (Å²) in [5.41, 5.74) is 2.78. The number of halogens is 1. The Bertz CT molecular complexity index is 1110. The predicted molar refractivity (Wildman–Crippen MR) is 117 cm³/mol. The van der Waals surface area contributed by atoms with Crippen LogP contribution in [0.3, 0.4) is 0 Å². The summed E-state index contributed by atoms with van der Waals surface area (Å²) in [6, 6.07) is 17.4. The lowest BCUT2D eigenvalue weighted by Gasteiger charge is -2.23. The van der Waals surface area contributed by atoms with E-state index < -0.39 is 0 Å². The van der Waals surface area contributed by atoms with E-state index in [-0.39, 0.29) is 22.1 Å². The third kappa shape index (κ3) is 3.02. The van der Waals surface area contributed by atoms with E-state index in [1.165, 1.54) is 0 Å². The summed E-state index contributed by atoms with van der Waals surface area (Å²) in [6.45, 7) is 3.78. The zero-order chi connectivity index (χ0) is 20.0. The number of carbonyl (C=O) groups is 1. The van der Waals surface area contributed by atoms with Gasteiger partial charge < -0.3 is 0 Å². The Morgan fingerprint density at radius 3 is 2.43 bits per heavy atom. The number of rotatable bonds is 3. The predicted octanol–water partition coefficient (Wildman–Crippen LogP) is 4.41. The smallest absolute Gasteiger partial charge is 0.288 e. The van der Waals surface area contributed by atoms with E-state index in [1.807, 2.05) is 80.2 Å². The molecule has 0 unspecified atom stereocenters. The number of benzene rings is 2. The molecule has 1 fully saturated rings. The number of thioether (sulfide) groups is 1. The van der Waals surface area contributed by atoms with Crippen LogP contribution in [0.5, 0.6) is 0 Å².